The lowest BCUT2D eigenvalue weighted by Crippen LogP contribution is -2.39. The maximum atomic E-state index is 5.54. The highest BCUT2D eigenvalue weighted by atomic mass is 16.5. The topological polar surface area (TPSA) is 64.1 Å². The van der Waals surface area contributed by atoms with Gasteiger partial charge in [-0.1, -0.05) is 27.2 Å². The molecule has 0 saturated carbocycles. The number of hydrogen-bond donors (Lipinski definition) is 2. The molecule has 138 valence electrons. The first kappa shape index (κ1) is 22.1. The second-order valence-electron chi connectivity index (χ2n) is 5.83. The summed E-state index contributed by atoms with van der Waals surface area (Å²) >= 11 is 0. The van der Waals surface area contributed by atoms with Gasteiger partial charge in [0.25, 0.3) is 0 Å². The highest BCUT2D eigenvalue weighted by Crippen LogP contribution is 1.92. The molecule has 0 bridgehead atoms. The van der Waals surface area contributed by atoms with Gasteiger partial charge in [0.1, 0.15) is 0 Å². The lowest BCUT2D eigenvalue weighted by atomic mass is 10.2. The molecule has 0 aliphatic rings. The van der Waals surface area contributed by atoms with Crippen molar-refractivity contribution in [2.24, 2.45) is 10.9 Å². The monoisotopic (exact) mass is 331 g/mol. The van der Waals surface area contributed by atoms with E-state index in [0.29, 0.717) is 25.7 Å². The van der Waals surface area contributed by atoms with Crippen LogP contribution in [0.2, 0.25) is 0 Å². The standard InChI is InChI=1S/C17H37N3O3/c1-5-6-10-21-13-14-22-12-9-20-17(18-4)19-8-7-11-23-15-16(2)3/h16H,5-15H2,1-4H3,(H2,18,19,20). The van der Waals surface area contributed by atoms with Crippen LogP contribution >= 0.6 is 0 Å². The average Bonchev–Trinajstić information content (AvgIpc) is 2.54. The zero-order valence-corrected chi connectivity index (χ0v) is 15.5. The van der Waals surface area contributed by atoms with E-state index in [1.165, 1.54) is 6.42 Å². The van der Waals surface area contributed by atoms with Crippen LogP contribution in [0.3, 0.4) is 0 Å². The van der Waals surface area contributed by atoms with Crippen molar-refractivity contribution in [3.8, 4) is 0 Å². The molecule has 23 heavy (non-hydrogen) atoms. The van der Waals surface area contributed by atoms with Gasteiger partial charge in [-0.25, -0.2) is 0 Å². The minimum Gasteiger partial charge on any atom is -0.381 e. The van der Waals surface area contributed by atoms with E-state index >= 15 is 0 Å². The van der Waals surface area contributed by atoms with Crippen molar-refractivity contribution in [1.29, 1.82) is 0 Å². The molecule has 0 aliphatic carbocycles. The molecule has 6 nitrogen and oxygen atoms in total. The predicted octanol–water partition coefficient (Wildman–Crippen LogP) is 2.05. The summed E-state index contributed by atoms with van der Waals surface area (Å²) in [6.45, 7) is 12.5. The third kappa shape index (κ3) is 17.3. The van der Waals surface area contributed by atoms with Crippen LogP contribution in [-0.2, 0) is 14.2 Å². The molecule has 6 heteroatoms. The van der Waals surface area contributed by atoms with Gasteiger partial charge >= 0.3 is 0 Å². The van der Waals surface area contributed by atoms with Crippen LogP contribution in [0.15, 0.2) is 4.99 Å². The highest BCUT2D eigenvalue weighted by molar-refractivity contribution is 5.79. The van der Waals surface area contributed by atoms with Crippen LogP contribution in [0.5, 0.6) is 0 Å². The number of nitrogens with zero attached hydrogens (tertiary/aromatic N) is 1. The Labute approximate surface area is 142 Å². The van der Waals surface area contributed by atoms with Crippen LogP contribution in [0, 0.1) is 5.92 Å². The molecule has 0 rings (SSSR count). The van der Waals surface area contributed by atoms with Crippen LogP contribution in [-0.4, -0.2) is 65.7 Å². The normalized spacial score (nSPS) is 12.0. The number of ether oxygens (including phenoxy) is 3. The van der Waals surface area contributed by atoms with E-state index in [4.69, 9.17) is 14.2 Å². The van der Waals surface area contributed by atoms with Crippen LogP contribution in [0.25, 0.3) is 0 Å². The highest BCUT2D eigenvalue weighted by Gasteiger charge is 1.98. The number of guanidine groups is 1. The first-order valence-corrected chi connectivity index (χ1v) is 8.88. The summed E-state index contributed by atoms with van der Waals surface area (Å²) in [5, 5.41) is 6.48. The Balaban J connectivity index is 3.36. The Morgan fingerprint density at radius 2 is 1.52 bits per heavy atom. The minimum atomic E-state index is 0.592. The first-order chi connectivity index (χ1) is 11.2. The molecule has 0 aliphatic heterocycles. The zero-order valence-electron chi connectivity index (χ0n) is 15.5. The van der Waals surface area contributed by atoms with Gasteiger partial charge < -0.3 is 24.8 Å². The van der Waals surface area contributed by atoms with Gasteiger partial charge in [-0.15, -0.1) is 0 Å². The van der Waals surface area contributed by atoms with E-state index in [1.807, 2.05) is 0 Å². The molecule has 0 aromatic rings. The van der Waals surface area contributed by atoms with E-state index in [2.05, 4.69) is 36.4 Å². The lowest BCUT2D eigenvalue weighted by Gasteiger charge is -2.12. The molecule has 0 aromatic carbocycles. The third-order valence-corrected chi connectivity index (χ3v) is 2.99. The van der Waals surface area contributed by atoms with Gasteiger partial charge in [0, 0.05) is 40.0 Å². The van der Waals surface area contributed by atoms with Crippen molar-refractivity contribution in [3.05, 3.63) is 0 Å². The Morgan fingerprint density at radius 3 is 2.17 bits per heavy atom. The SMILES string of the molecule is CCCCOCCOCCNC(=NC)NCCCOCC(C)C. The fraction of sp³-hybridized carbons (Fsp3) is 0.941. The summed E-state index contributed by atoms with van der Waals surface area (Å²) in [5.41, 5.74) is 0. The van der Waals surface area contributed by atoms with Gasteiger partial charge in [-0.2, -0.15) is 0 Å². The molecule has 0 saturated heterocycles. The van der Waals surface area contributed by atoms with Crippen molar-refractivity contribution >= 4 is 5.96 Å². The van der Waals surface area contributed by atoms with Crippen molar-refractivity contribution in [3.63, 3.8) is 0 Å². The molecule has 0 amide bonds. The molecular formula is C17H37N3O3. The summed E-state index contributed by atoms with van der Waals surface area (Å²) in [6, 6.07) is 0. The largest absolute Gasteiger partial charge is 0.381 e. The van der Waals surface area contributed by atoms with Crippen LogP contribution in [0.1, 0.15) is 40.0 Å². The Hall–Kier alpha value is -0.850. The Kier molecular flexibility index (Phi) is 16.9. The molecule has 0 spiro atoms. The second-order valence-corrected chi connectivity index (χ2v) is 5.83. The van der Waals surface area contributed by atoms with Gasteiger partial charge in [0.05, 0.1) is 19.8 Å². The van der Waals surface area contributed by atoms with Crippen molar-refractivity contribution in [2.75, 3.05) is 59.8 Å². The van der Waals surface area contributed by atoms with Gasteiger partial charge in [-0.05, 0) is 18.8 Å². The molecule has 0 atom stereocenters. The second kappa shape index (κ2) is 17.5. The van der Waals surface area contributed by atoms with Crippen molar-refractivity contribution in [1.82, 2.24) is 10.6 Å². The first-order valence-electron chi connectivity index (χ1n) is 8.88. The number of rotatable bonds is 15. The lowest BCUT2D eigenvalue weighted by molar-refractivity contribution is 0.0487. The molecule has 0 aromatic heterocycles. The fourth-order valence-corrected chi connectivity index (χ4v) is 1.73. The van der Waals surface area contributed by atoms with E-state index in [0.717, 1.165) is 51.7 Å². The molecule has 0 radical (unpaired) electrons. The molecular weight excluding hydrogens is 294 g/mol. The van der Waals surface area contributed by atoms with Crippen molar-refractivity contribution in [2.45, 2.75) is 40.0 Å². The molecule has 0 heterocycles. The molecule has 0 unspecified atom stereocenters. The van der Waals surface area contributed by atoms with E-state index in [9.17, 15) is 0 Å². The van der Waals surface area contributed by atoms with Crippen molar-refractivity contribution < 1.29 is 14.2 Å². The quantitative estimate of drug-likeness (QED) is 0.273. The van der Waals surface area contributed by atoms with E-state index in [-0.39, 0.29) is 0 Å². The molecule has 2 N–H and O–H groups in total. The van der Waals surface area contributed by atoms with E-state index in [1.54, 1.807) is 7.05 Å². The fourth-order valence-electron chi connectivity index (χ4n) is 1.73. The zero-order chi connectivity index (χ0) is 17.2. The number of hydrogen-bond acceptors (Lipinski definition) is 4. The van der Waals surface area contributed by atoms with Gasteiger partial charge in [0.2, 0.25) is 0 Å². The van der Waals surface area contributed by atoms with Crippen LogP contribution in [0.4, 0.5) is 0 Å². The summed E-state index contributed by atoms with van der Waals surface area (Å²) in [5.74, 6) is 1.39. The summed E-state index contributed by atoms with van der Waals surface area (Å²) in [6.07, 6.45) is 3.26. The number of nitrogens with one attached hydrogen (secondary N) is 2. The third-order valence-electron chi connectivity index (χ3n) is 2.99. The number of aliphatic imine (C=N–C) groups is 1. The minimum absolute atomic E-state index is 0.592. The van der Waals surface area contributed by atoms with E-state index < -0.39 is 0 Å². The maximum Gasteiger partial charge on any atom is 0.191 e. The maximum absolute atomic E-state index is 5.54. The Bertz CT molecular complexity index is 274. The van der Waals surface area contributed by atoms with Gasteiger partial charge in [-0.3, -0.25) is 4.99 Å². The smallest absolute Gasteiger partial charge is 0.191 e. The average molecular weight is 332 g/mol. The van der Waals surface area contributed by atoms with Crippen LogP contribution < -0.4 is 10.6 Å². The summed E-state index contributed by atoms with van der Waals surface area (Å²) < 4.78 is 16.5. The van der Waals surface area contributed by atoms with Gasteiger partial charge in [0.15, 0.2) is 5.96 Å². The summed E-state index contributed by atoms with van der Waals surface area (Å²) in [4.78, 5) is 4.18. The Morgan fingerprint density at radius 1 is 0.870 bits per heavy atom. The molecule has 0 fully saturated rings. The summed E-state index contributed by atoms with van der Waals surface area (Å²) in [7, 11) is 1.77. The number of unbranched alkanes of at least 4 members (excludes halogenated alkanes) is 1. The predicted molar refractivity (Wildman–Crippen MR) is 96.2 cm³/mol.